The van der Waals surface area contributed by atoms with E-state index >= 15 is 0 Å². The zero-order chi connectivity index (χ0) is 20.6. The second-order valence-electron chi connectivity index (χ2n) is 6.78. The maximum Gasteiger partial charge on any atom is 0.361 e. The summed E-state index contributed by atoms with van der Waals surface area (Å²) in [4.78, 5) is 19.1. The highest BCUT2D eigenvalue weighted by Crippen LogP contribution is 2.33. The number of ether oxygens (including phenoxy) is 2. The molecule has 0 aliphatic heterocycles. The van der Waals surface area contributed by atoms with Crippen LogP contribution in [-0.4, -0.2) is 23.0 Å². The SMILES string of the molecule is COc1cc(C=Cc2ccccc2)cc(OC(=O)c2cnc[nH]2)c1CC=C(C)C. The Morgan fingerprint density at radius 2 is 1.79 bits per heavy atom. The molecule has 0 saturated carbocycles. The summed E-state index contributed by atoms with van der Waals surface area (Å²) in [6, 6.07) is 13.8. The van der Waals surface area contributed by atoms with Gasteiger partial charge in [0.25, 0.3) is 0 Å². The minimum atomic E-state index is -0.493. The zero-order valence-corrected chi connectivity index (χ0v) is 16.8. The number of imidazole rings is 1. The predicted octanol–water partition coefficient (Wildman–Crippen LogP) is 5.32. The molecule has 0 atom stereocenters. The molecule has 5 nitrogen and oxygen atoms in total. The number of methoxy groups -OCH3 is 1. The van der Waals surface area contributed by atoms with Crippen LogP contribution in [0.4, 0.5) is 0 Å². The van der Waals surface area contributed by atoms with Crippen LogP contribution in [0.5, 0.6) is 11.5 Å². The lowest BCUT2D eigenvalue weighted by molar-refractivity contribution is 0.0727. The van der Waals surface area contributed by atoms with Crippen LogP contribution < -0.4 is 9.47 Å². The van der Waals surface area contributed by atoms with Gasteiger partial charge in [0.15, 0.2) is 0 Å². The van der Waals surface area contributed by atoms with Crippen molar-refractivity contribution in [1.29, 1.82) is 0 Å². The number of carbonyl (C=O) groups excluding carboxylic acids is 1. The summed E-state index contributed by atoms with van der Waals surface area (Å²) < 4.78 is 11.3. The normalized spacial score (nSPS) is 10.7. The van der Waals surface area contributed by atoms with Crippen LogP contribution >= 0.6 is 0 Å². The van der Waals surface area contributed by atoms with Crippen molar-refractivity contribution in [2.45, 2.75) is 20.3 Å². The molecule has 29 heavy (non-hydrogen) atoms. The first-order valence-electron chi connectivity index (χ1n) is 9.35. The van der Waals surface area contributed by atoms with Gasteiger partial charge in [-0.2, -0.15) is 0 Å². The van der Waals surface area contributed by atoms with E-state index in [-0.39, 0.29) is 0 Å². The van der Waals surface area contributed by atoms with E-state index in [2.05, 4.69) is 16.0 Å². The average molecular weight is 388 g/mol. The molecule has 3 aromatic rings. The summed E-state index contributed by atoms with van der Waals surface area (Å²) in [5, 5.41) is 0. The second-order valence-corrected chi connectivity index (χ2v) is 6.78. The number of nitrogens with zero attached hydrogens (tertiary/aromatic N) is 1. The van der Waals surface area contributed by atoms with Crippen LogP contribution in [0.15, 0.2) is 66.6 Å². The van der Waals surface area contributed by atoms with Gasteiger partial charge in [-0.15, -0.1) is 0 Å². The second kappa shape index (κ2) is 9.55. The number of allylic oxidation sites excluding steroid dienone is 2. The van der Waals surface area contributed by atoms with Crippen LogP contribution in [0.1, 0.15) is 41.0 Å². The third kappa shape index (κ3) is 5.45. The molecule has 0 aliphatic carbocycles. The van der Waals surface area contributed by atoms with E-state index in [4.69, 9.17) is 9.47 Å². The topological polar surface area (TPSA) is 64.2 Å². The molecule has 1 N–H and O–H groups in total. The number of H-pyrrole nitrogens is 1. The van der Waals surface area contributed by atoms with E-state index < -0.39 is 5.97 Å². The van der Waals surface area contributed by atoms with Crippen molar-refractivity contribution < 1.29 is 14.3 Å². The lowest BCUT2D eigenvalue weighted by Crippen LogP contribution is -2.11. The third-order valence-electron chi connectivity index (χ3n) is 4.31. The molecule has 3 rings (SSSR count). The van der Waals surface area contributed by atoms with E-state index in [1.807, 2.05) is 68.5 Å². The Morgan fingerprint density at radius 3 is 2.45 bits per heavy atom. The predicted molar refractivity (Wildman–Crippen MR) is 115 cm³/mol. The van der Waals surface area contributed by atoms with E-state index in [9.17, 15) is 4.79 Å². The van der Waals surface area contributed by atoms with Crippen molar-refractivity contribution in [2.24, 2.45) is 0 Å². The molecule has 0 saturated heterocycles. The molecular weight excluding hydrogens is 364 g/mol. The van der Waals surface area contributed by atoms with Crippen molar-refractivity contribution in [1.82, 2.24) is 9.97 Å². The van der Waals surface area contributed by atoms with Crippen molar-refractivity contribution in [3.05, 3.63) is 89.0 Å². The number of esters is 1. The lowest BCUT2D eigenvalue weighted by Gasteiger charge is -2.14. The Kier molecular flexibility index (Phi) is 6.63. The largest absolute Gasteiger partial charge is 0.496 e. The molecule has 1 aromatic heterocycles. The lowest BCUT2D eigenvalue weighted by atomic mass is 10.0. The van der Waals surface area contributed by atoms with Crippen LogP contribution in [0, 0.1) is 0 Å². The minimum Gasteiger partial charge on any atom is -0.496 e. The van der Waals surface area contributed by atoms with Gasteiger partial charge in [0.1, 0.15) is 17.2 Å². The average Bonchev–Trinajstić information content (AvgIpc) is 3.26. The number of benzene rings is 2. The van der Waals surface area contributed by atoms with E-state index in [1.54, 1.807) is 7.11 Å². The Balaban J connectivity index is 1.99. The zero-order valence-electron chi connectivity index (χ0n) is 16.8. The van der Waals surface area contributed by atoms with Gasteiger partial charge in [0.05, 0.1) is 19.6 Å². The molecular formula is C24H24N2O3. The van der Waals surface area contributed by atoms with Crippen molar-refractivity contribution in [2.75, 3.05) is 7.11 Å². The minimum absolute atomic E-state index is 0.294. The van der Waals surface area contributed by atoms with Gasteiger partial charge >= 0.3 is 5.97 Å². The molecule has 5 heteroatoms. The number of carbonyl (C=O) groups is 1. The Hall–Kier alpha value is -3.60. The molecule has 0 unspecified atom stereocenters. The molecule has 0 spiro atoms. The van der Waals surface area contributed by atoms with Gasteiger partial charge in [0.2, 0.25) is 0 Å². The van der Waals surface area contributed by atoms with Crippen LogP contribution in [0.25, 0.3) is 12.2 Å². The van der Waals surface area contributed by atoms with E-state index in [1.165, 1.54) is 18.1 Å². The van der Waals surface area contributed by atoms with Gasteiger partial charge in [-0.05, 0) is 43.5 Å². The van der Waals surface area contributed by atoms with E-state index in [0.717, 1.165) is 16.7 Å². The molecule has 0 aliphatic rings. The summed E-state index contributed by atoms with van der Waals surface area (Å²) in [5.74, 6) is 0.645. The van der Waals surface area contributed by atoms with Crippen LogP contribution in [-0.2, 0) is 6.42 Å². The molecule has 0 amide bonds. The highest BCUT2D eigenvalue weighted by atomic mass is 16.5. The molecule has 0 fully saturated rings. The Morgan fingerprint density at radius 1 is 1.07 bits per heavy atom. The number of nitrogens with one attached hydrogen (secondary N) is 1. The van der Waals surface area contributed by atoms with Crippen molar-refractivity contribution >= 4 is 18.1 Å². The van der Waals surface area contributed by atoms with Gasteiger partial charge in [-0.25, -0.2) is 9.78 Å². The van der Waals surface area contributed by atoms with Crippen molar-refractivity contribution in [3.63, 3.8) is 0 Å². The van der Waals surface area contributed by atoms with Gasteiger partial charge in [0, 0.05) is 5.56 Å². The number of aromatic amines is 1. The maximum atomic E-state index is 12.5. The first-order chi connectivity index (χ1) is 14.1. The fourth-order valence-electron chi connectivity index (χ4n) is 2.80. The smallest absolute Gasteiger partial charge is 0.361 e. The van der Waals surface area contributed by atoms with Crippen LogP contribution in [0.3, 0.4) is 0 Å². The quantitative estimate of drug-likeness (QED) is 0.258. The number of aromatic nitrogens is 2. The Labute approximate surface area is 170 Å². The van der Waals surface area contributed by atoms with Gasteiger partial charge in [-0.3, -0.25) is 0 Å². The fourth-order valence-corrected chi connectivity index (χ4v) is 2.80. The van der Waals surface area contributed by atoms with Gasteiger partial charge in [-0.1, -0.05) is 54.1 Å². The number of rotatable bonds is 7. The Bertz CT molecular complexity index is 1020. The monoisotopic (exact) mass is 388 g/mol. The number of hydrogen-bond donors (Lipinski definition) is 1. The fraction of sp³-hybridized carbons (Fsp3) is 0.167. The number of hydrogen-bond acceptors (Lipinski definition) is 4. The summed E-state index contributed by atoms with van der Waals surface area (Å²) >= 11 is 0. The maximum absolute atomic E-state index is 12.5. The molecule has 2 aromatic carbocycles. The standard InChI is InChI=1S/C24H24N2O3/c1-17(2)9-12-20-22(28-3)13-19(11-10-18-7-5-4-6-8-18)14-23(20)29-24(27)21-15-25-16-26-21/h4-11,13-16H,12H2,1-3H3,(H,25,26). The first-order valence-corrected chi connectivity index (χ1v) is 9.35. The summed E-state index contributed by atoms with van der Waals surface area (Å²) in [6.45, 7) is 4.06. The van der Waals surface area contributed by atoms with Gasteiger partial charge < -0.3 is 14.5 Å². The third-order valence-corrected chi connectivity index (χ3v) is 4.31. The first kappa shape index (κ1) is 20.1. The van der Waals surface area contributed by atoms with Crippen molar-refractivity contribution in [3.8, 4) is 11.5 Å². The highest BCUT2D eigenvalue weighted by molar-refractivity contribution is 5.89. The summed E-state index contributed by atoms with van der Waals surface area (Å²) in [5.41, 5.74) is 4.24. The molecule has 1 heterocycles. The molecule has 0 radical (unpaired) electrons. The van der Waals surface area contributed by atoms with E-state index in [0.29, 0.717) is 23.6 Å². The molecule has 148 valence electrons. The molecule has 0 bridgehead atoms. The summed E-state index contributed by atoms with van der Waals surface area (Å²) in [7, 11) is 1.62. The highest BCUT2D eigenvalue weighted by Gasteiger charge is 2.17. The van der Waals surface area contributed by atoms with Crippen LogP contribution in [0.2, 0.25) is 0 Å². The summed E-state index contributed by atoms with van der Waals surface area (Å²) in [6.07, 6.45) is 9.53.